The van der Waals surface area contributed by atoms with Crippen molar-refractivity contribution in [1.29, 1.82) is 0 Å². The molecule has 1 aliphatic carbocycles. The lowest BCUT2D eigenvalue weighted by molar-refractivity contribution is 0.164. The summed E-state index contributed by atoms with van der Waals surface area (Å²) in [5, 5.41) is 33.6. The summed E-state index contributed by atoms with van der Waals surface area (Å²) in [6.45, 7) is 0.485. The zero-order valence-corrected chi connectivity index (χ0v) is 16.0. The van der Waals surface area contributed by atoms with Gasteiger partial charge in [0, 0.05) is 17.6 Å². The number of halogens is 2. The minimum Gasteiger partial charge on any atom is -0.504 e. The standard InChI is InChI=1S/C20H24ClNO3.ClH/c21-16-5-1-4-15(9-16)20(25)12-22-17-6-2-3-13(10-17)14-7-8-18(23)19(24)11-14;/h1,4-5,7-9,11,13,17,20,22-25H,2-3,6,10,12H2;1H. The van der Waals surface area contributed by atoms with Gasteiger partial charge >= 0.3 is 0 Å². The SMILES string of the molecule is Cl.Oc1ccc(C2CCCC(NCC(O)c3cccc(Cl)c3)C2)cc1O. The highest BCUT2D eigenvalue weighted by Gasteiger charge is 2.24. The fraction of sp³-hybridized carbons (Fsp3) is 0.400. The van der Waals surface area contributed by atoms with Crippen molar-refractivity contribution < 1.29 is 15.3 Å². The van der Waals surface area contributed by atoms with Crippen LogP contribution in [0.25, 0.3) is 0 Å². The smallest absolute Gasteiger partial charge is 0.157 e. The van der Waals surface area contributed by atoms with Crippen molar-refractivity contribution in [3.63, 3.8) is 0 Å². The summed E-state index contributed by atoms with van der Waals surface area (Å²) in [7, 11) is 0. The van der Waals surface area contributed by atoms with Crippen LogP contribution in [0.1, 0.15) is 48.8 Å². The Morgan fingerprint density at radius 2 is 1.88 bits per heavy atom. The Kier molecular flexibility index (Phi) is 7.59. The van der Waals surface area contributed by atoms with E-state index in [2.05, 4.69) is 5.32 Å². The lowest BCUT2D eigenvalue weighted by Gasteiger charge is -2.31. The Morgan fingerprint density at radius 1 is 1.08 bits per heavy atom. The van der Waals surface area contributed by atoms with Gasteiger partial charge in [-0.3, -0.25) is 0 Å². The van der Waals surface area contributed by atoms with E-state index in [9.17, 15) is 15.3 Å². The van der Waals surface area contributed by atoms with E-state index in [1.54, 1.807) is 24.3 Å². The minimum atomic E-state index is -0.586. The number of aliphatic hydroxyl groups excluding tert-OH is 1. The van der Waals surface area contributed by atoms with Crippen molar-refractivity contribution in [3.8, 4) is 11.5 Å². The Hall–Kier alpha value is -1.46. The Balaban J connectivity index is 0.00000243. The third-order valence-electron chi connectivity index (χ3n) is 4.98. The number of aliphatic hydroxyl groups is 1. The molecule has 1 saturated carbocycles. The van der Waals surface area contributed by atoms with Crippen molar-refractivity contribution >= 4 is 24.0 Å². The molecule has 0 aromatic heterocycles. The van der Waals surface area contributed by atoms with Crippen LogP contribution in [-0.2, 0) is 0 Å². The van der Waals surface area contributed by atoms with Crippen LogP contribution in [0, 0.1) is 0 Å². The average Bonchev–Trinajstić information content (AvgIpc) is 2.62. The molecule has 4 N–H and O–H groups in total. The van der Waals surface area contributed by atoms with Crippen molar-refractivity contribution in [2.45, 2.75) is 43.7 Å². The number of aromatic hydroxyl groups is 2. The second-order valence-corrected chi connectivity index (χ2v) is 7.22. The fourth-order valence-electron chi connectivity index (χ4n) is 3.58. The molecule has 0 amide bonds. The third-order valence-corrected chi connectivity index (χ3v) is 5.21. The van der Waals surface area contributed by atoms with E-state index in [1.165, 1.54) is 0 Å². The summed E-state index contributed by atoms with van der Waals surface area (Å²) in [5.74, 6) is 0.198. The largest absolute Gasteiger partial charge is 0.504 e. The molecular weight excluding hydrogens is 373 g/mol. The van der Waals surface area contributed by atoms with Gasteiger partial charge in [-0.1, -0.05) is 36.2 Å². The van der Waals surface area contributed by atoms with Crippen LogP contribution >= 0.6 is 24.0 Å². The molecule has 0 radical (unpaired) electrons. The van der Waals surface area contributed by atoms with Crippen molar-refractivity contribution in [2.24, 2.45) is 0 Å². The van der Waals surface area contributed by atoms with Gasteiger partial charge in [0.15, 0.2) is 11.5 Å². The number of rotatable bonds is 5. The van der Waals surface area contributed by atoms with Crippen LogP contribution in [-0.4, -0.2) is 27.9 Å². The molecule has 0 aliphatic heterocycles. The first-order valence-electron chi connectivity index (χ1n) is 8.71. The summed E-state index contributed by atoms with van der Waals surface area (Å²) in [6.07, 6.45) is 3.60. The van der Waals surface area contributed by atoms with E-state index in [0.29, 0.717) is 23.5 Å². The lowest BCUT2D eigenvalue weighted by atomic mass is 9.81. The van der Waals surface area contributed by atoms with Crippen LogP contribution < -0.4 is 5.32 Å². The Morgan fingerprint density at radius 3 is 2.62 bits per heavy atom. The molecule has 3 unspecified atom stereocenters. The quantitative estimate of drug-likeness (QED) is 0.559. The predicted octanol–water partition coefficient (Wildman–Crippen LogP) is 4.52. The molecule has 4 nitrogen and oxygen atoms in total. The highest BCUT2D eigenvalue weighted by Crippen LogP contribution is 2.36. The van der Waals surface area contributed by atoms with Crippen LogP contribution in [0.5, 0.6) is 11.5 Å². The molecule has 0 spiro atoms. The highest BCUT2D eigenvalue weighted by molar-refractivity contribution is 6.30. The van der Waals surface area contributed by atoms with E-state index in [1.807, 2.05) is 18.2 Å². The van der Waals surface area contributed by atoms with E-state index < -0.39 is 6.10 Å². The highest BCUT2D eigenvalue weighted by atomic mass is 35.5. The lowest BCUT2D eigenvalue weighted by Crippen LogP contribution is -2.36. The molecular formula is C20H25Cl2NO3. The second-order valence-electron chi connectivity index (χ2n) is 6.79. The van der Waals surface area contributed by atoms with Crippen molar-refractivity contribution in [1.82, 2.24) is 5.32 Å². The molecule has 3 atom stereocenters. The fourth-order valence-corrected chi connectivity index (χ4v) is 3.78. The number of benzene rings is 2. The van der Waals surface area contributed by atoms with E-state index >= 15 is 0 Å². The molecule has 0 bridgehead atoms. The van der Waals surface area contributed by atoms with Gasteiger partial charge in [0.1, 0.15) is 0 Å². The summed E-state index contributed by atoms with van der Waals surface area (Å²) in [4.78, 5) is 0. The zero-order valence-electron chi connectivity index (χ0n) is 14.4. The first kappa shape index (κ1) is 20.8. The normalized spacial score (nSPS) is 21.0. The first-order chi connectivity index (χ1) is 12.0. The van der Waals surface area contributed by atoms with Gasteiger partial charge in [0.2, 0.25) is 0 Å². The predicted molar refractivity (Wildman–Crippen MR) is 106 cm³/mol. The maximum atomic E-state index is 10.3. The van der Waals surface area contributed by atoms with E-state index in [4.69, 9.17) is 11.6 Å². The molecule has 1 aliphatic rings. The van der Waals surface area contributed by atoms with Gasteiger partial charge in [0.05, 0.1) is 6.10 Å². The number of nitrogens with one attached hydrogen (secondary N) is 1. The van der Waals surface area contributed by atoms with Gasteiger partial charge in [-0.05, 0) is 60.6 Å². The summed E-state index contributed by atoms with van der Waals surface area (Å²) >= 11 is 5.98. The van der Waals surface area contributed by atoms with E-state index in [-0.39, 0.29) is 23.9 Å². The van der Waals surface area contributed by atoms with Gasteiger partial charge in [-0.2, -0.15) is 0 Å². The zero-order chi connectivity index (χ0) is 17.8. The number of phenols is 2. The monoisotopic (exact) mass is 397 g/mol. The molecule has 6 heteroatoms. The molecule has 3 rings (SSSR count). The topological polar surface area (TPSA) is 72.7 Å². The molecule has 26 heavy (non-hydrogen) atoms. The number of phenolic OH excluding ortho intramolecular Hbond substituents is 2. The van der Waals surface area contributed by atoms with Crippen LogP contribution in [0.15, 0.2) is 42.5 Å². The number of hydrogen-bond acceptors (Lipinski definition) is 4. The maximum absolute atomic E-state index is 10.3. The second kappa shape index (κ2) is 9.47. The van der Waals surface area contributed by atoms with Gasteiger partial charge < -0.3 is 20.6 Å². The van der Waals surface area contributed by atoms with Gasteiger partial charge in [0.25, 0.3) is 0 Å². The molecule has 0 saturated heterocycles. The Labute approximate surface area is 165 Å². The molecule has 2 aromatic rings. The summed E-state index contributed by atoms with van der Waals surface area (Å²) < 4.78 is 0. The molecule has 142 valence electrons. The molecule has 0 heterocycles. The van der Waals surface area contributed by atoms with Crippen LogP contribution in [0.3, 0.4) is 0 Å². The Bertz CT molecular complexity index is 726. The molecule has 1 fully saturated rings. The van der Waals surface area contributed by atoms with Gasteiger partial charge in [-0.25, -0.2) is 0 Å². The van der Waals surface area contributed by atoms with Crippen molar-refractivity contribution in [3.05, 3.63) is 58.6 Å². The van der Waals surface area contributed by atoms with Crippen LogP contribution in [0.2, 0.25) is 5.02 Å². The minimum absolute atomic E-state index is 0. The molecule has 2 aromatic carbocycles. The van der Waals surface area contributed by atoms with Gasteiger partial charge in [-0.15, -0.1) is 12.4 Å². The van der Waals surface area contributed by atoms with Crippen molar-refractivity contribution in [2.75, 3.05) is 6.54 Å². The summed E-state index contributed by atoms with van der Waals surface area (Å²) in [5.41, 5.74) is 1.87. The van der Waals surface area contributed by atoms with E-state index in [0.717, 1.165) is 36.8 Å². The first-order valence-corrected chi connectivity index (χ1v) is 9.09. The number of hydrogen-bond donors (Lipinski definition) is 4. The average molecular weight is 398 g/mol. The summed E-state index contributed by atoms with van der Waals surface area (Å²) in [6, 6.07) is 12.7. The third kappa shape index (κ3) is 5.27. The van der Waals surface area contributed by atoms with Crippen LogP contribution in [0.4, 0.5) is 0 Å². The maximum Gasteiger partial charge on any atom is 0.157 e.